The van der Waals surface area contributed by atoms with Gasteiger partial charge in [-0.3, -0.25) is 0 Å². The molecule has 0 aromatic heterocycles. The molecule has 7 heteroatoms. The van der Waals surface area contributed by atoms with Crippen molar-refractivity contribution in [2.24, 2.45) is 11.8 Å². The molecule has 0 N–H and O–H groups in total. The zero-order chi connectivity index (χ0) is 19.2. The number of halogens is 5. The van der Waals surface area contributed by atoms with Crippen molar-refractivity contribution in [2.75, 3.05) is 6.61 Å². The highest BCUT2D eigenvalue weighted by Gasteiger charge is 2.43. The average Bonchev–Trinajstić information content (AvgIpc) is 2.56. The summed E-state index contributed by atoms with van der Waals surface area (Å²) in [7, 11) is 0. The van der Waals surface area contributed by atoms with E-state index in [4.69, 9.17) is 4.74 Å². The van der Waals surface area contributed by atoms with Crippen LogP contribution in [0.5, 0.6) is 5.75 Å². The van der Waals surface area contributed by atoms with Crippen molar-refractivity contribution in [3.63, 3.8) is 0 Å². The number of ether oxygens (including phenoxy) is 2. The standard InChI is InChI=1S/C19H25F5O2/c1-2-3-14-4-8-16(9-5-14)19(23,24)26-17-10-6-15(7-11-17)12-25-13-18(20,21)22/h6-7,10-11,14,16H,2-5,8-9,12-13H2,1H3. The monoisotopic (exact) mass is 380 g/mol. The SMILES string of the molecule is CCCC1CCC(C(F)(F)Oc2ccc(COCC(F)(F)F)cc2)CC1. The third-order valence-corrected chi connectivity index (χ3v) is 4.73. The van der Waals surface area contributed by atoms with Crippen LogP contribution in [0.25, 0.3) is 0 Å². The maximum Gasteiger partial charge on any atom is 0.411 e. The van der Waals surface area contributed by atoms with Crippen molar-refractivity contribution in [2.45, 2.75) is 64.3 Å². The van der Waals surface area contributed by atoms with E-state index in [1.807, 2.05) is 0 Å². The smallest absolute Gasteiger partial charge is 0.411 e. The summed E-state index contributed by atoms with van der Waals surface area (Å²) in [5.74, 6) is -0.265. The van der Waals surface area contributed by atoms with Crippen LogP contribution in [0.1, 0.15) is 51.0 Å². The Morgan fingerprint density at radius 3 is 2.12 bits per heavy atom. The number of hydrogen-bond acceptors (Lipinski definition) is 2. The molecule has 0 amide bonds. The van der Waals surface area contributed by atoms with Gasteiger partial charge in [0.2, 0.25) is 0 Å². The summed E-state index contributed by atoms with van der Waals surface area (Å²) in [6.45, 7) is 0.517. The Bertz CT molecular complexity index is 534. The van der Waals surface area contributed by atoms with Crippen LogP contribution in [0.15, 0.2) is 24.3 Å². The molecule has 0 saturated heterocycles. The van der Waals surface area contributed by atoms with Gasteiger partial charge in [0.05, 0.1) is 12.5 Å². The molecule has 2 nitrogen and oxygen atoms in total. The first-order valence-corrected chi connectivity index (χ1v) is 9.00. The number of alkyl halides is 5. The number of benzene rings is 1. The molecule has 2 rings (SSSR count). The third kappa shape index (κ3) is 6.74. The summed E-state index contributed by atoms with van der Waals surface area (Å²) >= 11 is 0. The van der Waals surface area contributed by atoms with E-state index in [-0.39, 0.29) is 12.4 Å². The molecule has 0 radical (unpaired) electrons. The van der Waals surface area contributed by atoms with E-state index >= 15 is 0 Å². The molecule has 1 aliphatic rings. The van der Waals surface area contributed by atoms with E-state index < -0.39 is 24.8 Å². The predicted octanol–water partition coefficient (Wildman–Crippen LogP) is 6.34. The quantitative estimate of drug-likeness (QED) is 0.490. The molecule has 0 atom stereocenters. The lowest BCUT2D eigenvalue weighted by Gasteiger charge is -2.33. The molecule has 0 aliphatic heterocycles. The average molecular weight is 380 g/mol. The molecule has 1 fully saturated rings. The molecule has 1 aromatic carbocycles. The summed E-state index contributed by atoms with van der Waals surface area (Å²) in [6.07, 6.45) is -2.99. The second-order valence-electron chi connectivity index (χ2n) is 6.92. The molecule has 0 bridgehead atoms. The molecular formula is C19H25F5O2. The zero-order valence-corrected chi connectivity index (χ0v) is 14.8. The molecule has 26 heavy (non-hydrogen) atoms. The molecule has 148 valence electrons. The number of rotatable bonds is 8. The first kappa shape index (κ1) is 20.9. The predicted molar refractivity (Wildman–Crippen MR) is 88.1 cm³/mol. The lowest BCUT2D eigenvalue weighted by atomic mass is 9.79. The van der Waals surface area contributed by atoms with E-state index in [1.54, 1.807) is 0 Å². The molecule has 1 aromatic rings. The molecular weight excluding hydrogens is 355 g/mol. The second-order valence-corrected chi connectivity index (χ2v) is 6.92. The van der Waals surface area contributed by atoms with Crippen LogP contribution in [0.4, 0.5) is 22.0 Å². The van der Waals surface area contributed by atoms with Crippen molar-refractivity contribution < 1.29 is 31.4 Å². The Morgan fingerprint density at radius 2 is 1.58 bits per heavy atom. The van der Waals surface area contributed by atoms with Gasteiger partial charge in [-0.1, -0.05) is 31.9 Å². The molecule has 0 spiro atoms. The summed E-state index contributed by atoms with van der Waals surface area (Å²) < 4.78 is 74.2. The number of hydrogen-bond donors (Lipinski definition) is 0. The Morgan fingerprint density at radius 1 is 0.962 bits per heavy atom. The molecule has 1 saturated carbocycles. The van der Waals surface area contributed by atoms with Gasteiger partial charge in [0, 0.05) is 0 Å². The van der Waals surface area contributed by atoms with Gasteiger partial charge >= 0.3 is 12.3 Å². The third-order valence-electron chi connectivity index (χ3n) is 4.73. The van der Waals surface area contributed by atoms with Gasteiger partial charge in [-0.15, -0.1) is 0 Å². The van der Waals surface area contributed by atoms with Crippen molar-refractivity contribution in [3.8, 4) is 5.75 Å². The van der Waals surface area contributed by atoms with Crippen LogP contribution in [-0.2, 0) is 11.3 Å². The first-order chi connectivity index (χ1) is 12.2. The van der Waals surface area contributed by atoms with E-state index in [2.05, 4.69) is 11.7 Å². The van der Waals surface area contributed by atoms with Crippen LogP contribution in [0.3, 0.4) is 0 Å². The fourth-order valence-electron chi connectivity index (χ4n) is 3.37. The fraction of sp³-hybridized carbons (Fsp3) is 0.684. The minimum atomic E-state index is -4.39. The molecule has 1 aliphatic carbocycles. The normalized spacial score (nSPS) is 21.6. The van der Waals surface area contributed by atoms with E-state index in [0.717, 1.165) is 25.7 Å². The van der Waals surface area contributed by atoms with Crippen LogP contribution in [0, 0.1) is 11.8 Å². The Balaban J connectivity index is 1.83. The van der Waals surface area contributed by atoms with Gasteiger partial charge in [-0.25, -0.2) is 0 Å². The maximum absolute atomic E-state index is 14.4. The van der Waals surface area contributed by atoms with E-state index in [0.29, 0.717) is 24.3 Å². The lowest BCUT2D eigenvalue weighted by Crippen LogP contribution is -2.37. The first-order valence-electron chi connectivity index (χ1n) is 9.00. The van der Waals surface area contributed by atoms with Crippen LogP contribution >= 0.6 is 0 Å². The topological polar surface area (TPSA) is 18.5 Å². The van der Waals surface area contributed by atoms with Gasteiger partial charge in [0.25, 0.3) is 0 Å². The van der Waals surface area contributed by atoms with Crippen LogP contribution in [-0.4, -0.2) is 18.9 Å². The Labute approximate surface area is 150 Å². The van der Waals surface area contributed by atoms with Gasteiger partial charge < -0.3 is 9.47 Å². The largest absolute Gasteiger partial charge is 0.432 e. The van der Waals surface area contributed by atoms with Gasteiger partial charge in [0.15, 0.2) is 0 Å². The minimum Gasteiger partial charge on any atom is -0.432 e. The lowest BCUT2D eigenvalue weighted by molar-refractivity contribution is -0.223. The summed E-state index contributed by atoms with van der Waals surface area (Å²) in [5, 5.41) is 0. The second kappa shape index (κ2) is 9.02. The van der Waals surface area contributed by atoms with Gasteiger partial charge in [-0.2, -0.15) is 22.0 Å². The zero-order valence-electron chi connectivity index (χ0n) is 14.8. The molecule has 0 heterocycles. The highest BCUT2D eigenvalue weighted by Crippen LogP contribution is 2.41. The Hall–Kier alpha value is -1.37. The summed E-state index contributed by atoms with van der Waals surface area (Å²) in [4.78, 5) is 0. The van der Waals surface area contributed by atoms with E-state index in [1.165, 1.54) is 24.3 Å². The van der Waals surface area contributed by atoms with Crippen molar-refractivity contribution in [1.82, 2.24) is 0 Å². The van der Waals surface area contributed by atoms with Gasteiger partial charge in [0.1, 0.15) is 12.4 Å². The van der Waals surface area contributed by atoms with E-state index in [9.17, 15) is 22.0 Å². The van der Waals surface area contributed by atoms with Crippen LogP contribution in [0.2, 0.25) is 0 Å². The fourth-order valence-corrected chi connectivity index (χ4v) is 3.37. The summed E-state index contributed by atoms with van der Waals surface area (Å²) in [5.41, 5.74) is 0.463. The van der Waals surface area contributed by atoms with Crippen molar-refractivity contribution in [3.05, 3.63) is 29.8 Å². The Kier molecular flexibility index (Phi) is 7.26. The molecule has 0 unspecified atom stereocenters. The minimum absolute atomic E-state index is 0.00486. The highest BCUT2D eigenvalue weighted by atomic mass is 19.4. The van der Waals surface area contributed by atoms with Gasteiger partial charge in [-0.05, 0) is 49.3 Å². The van der Waals surface area contributed by atoms with Crippen molar-refractivity contribution in [1.29, 1.82) is 0 Å². The van der Waals surface area contributed by atoms with Crippen molar-refractivity contribution >= 4 is 0 Å². The maximum atomic E-state index is 14.4. The summed E-state index contributed by atoms with van der Waals surface area (Å²) in [6, 6.07) is 5.53. The van der Waals surface area contributed by atoms with Crippen LogP contribution < -0.4 is 4.74 Å². The highest BCUT2D eigenvalue weighted by molar-refractivity contribution is 5.27.